The number of hydrogen-bond donors (Lipinski definition) is 1. The van der Waals surface area contributed by atoms with Crippen LogP contribution in [0, 0.1) is 17.0 Å². The van der Waals surface area contributed by atoms with Crippen molar-refractivity contribution in [1.82, 2.24) is 5.43 Å². The minimum absolute atomic E-state index is 0.143. The van der Waals surface area contributed by atoms with Crippen molar-refractivity contribution in [2.45, 2.75) is 33.6 Å². The smallest absolute Gasteiger partial charge is 0.271 e. The number of nitrogens with zero attached hydrogens (tertiary/aromatic N) is 2. The molecule has 0 spiro atoms. The number of amides is 1. The average molecular weight is 369 g/mol. The first-order valence-electron chi connectivity index (χ1n) is 8.68. The largest absolute Gasteiger partial charge is 0.494 e. The number of hydrogen-bond acceptors (Lipinski definition) is 5. The molecule has 0 heterocycles. The van der Waals surface area contributed by atoms with Gasteiger partial charge in [0.1, 0.15) is 5.75 Å². The Balaban J connectivity index is 2.18. The maximum absolute atomic E-state index is 12.1. The van der Waals surface area contributed by atoms with Gasteiger partial charge in [0, 0.05) is 17.7 Å². The maximum Gasteiger partial charge on any atom is 0.271 e. The van der Waals surface area contributed by atoms with Gasteiger partial charge in [-0.05, 0) is 54.7 Å². The second-order valence-corrected chi connectivity index (χ2v) is 6.34. The number of ether oxygens (including phenoxy) is 1. The molecule has 0 aliphatic heterocycles. The summed E-state index contributed by atoms with van der Waals surface area (Å²) in [7, 11) is 0. The van der Waals surface area contributed by atoms with Crippen LogP contribution in [-0.4, -0.2) is 23.7 Å². The number of rotatable bonds is 7. The monoisotopic (exact) mass is 369 g/mol. The lowest BCUT2D eigenvalue weighted by Gasteiger charge is -2.15. The van der Waals surface area contributed by atoms with Crippen molar-refractivity contribution in [3.8, 4) is 5.75 Å². The van der Waals surface area contributed by atoms with E-state index in [1.54, 1.807) is 6.21 Å². The molecule has 2 aromatic carbocycles. The highest BCUT2D eigenvalue weighted by Crippen LogP contribution is 2.29. The molecule has 2 rings (SSSR count). The molecular formula is C20H23N3O4. The molecule has 0 saturated heterocycles. The number of nitro groups is 1. The maximum atomic E-state index is 12.1. The Hall–Kier alpha value is -3.22. The molecule has 7 nitrogen and oxygen atoms in total. The molecule has 0 aliphatic rings. The van der Waals surface area contributed by atoms with Crippen LogP contribution < -0.4 is 10.2 Å². The van der Waals surface area contributed by atoms with Crippen molar-refractivity contribution in [3.63, 3.8) is 0 Å². The summed E-state index contributed by atoms with van der Waals surface area (Å²) in [6, 6.07) is 9.45. The van der Waals surface area contributed by atoms with Crippen molar-refractivity contribution in [2.75, 3.05) is 6.61 Å². The number of benzene rings is 2. The first-order valence-corrected chi connectivity index (χ1v) is 8.68. The van der Waals surface area contributed by atoms with Gasteiger partial charge in [0.05, 0.1) is 17.7 Å². The fourth-order valence-corrected chi connectivity index (χ4v) is 2.57. The first kappa shape index (κ1) is 20.1. The standard InChI is InChI=1S/C20H23N3O4/c1-5-27-19-9-14(4)16(11-18(19)13(2)3)12-21-22-20(24)15-7-6-8-17(10-15)23(25)26/h6-13H,5H2,1-4H3,(H,22,24)/b21-12-. The Morgan fingerprint density at radius 3 is 2.70 bits per heavy atom. The van der Waals surface area contributed by atoms with Gasteiger partial charge in [-0.25, -0.2) is 5.43 Å². The zero-order valence-corrected chi connectivity index (χ0v) is 15.9. The van der Waals surface area contributed by atoms with E-state index in [0.29, 0.717) is 6.61 Å². The van der Waals surface area contributed by atoms with Gasteiger partial charge in [-0.15, -0.1) is 0 Å². The van der Waals surface area contributed by atoms with Crippen LogP contribution in [0.25, 0.3) is 0 Å². The summed E-state index contributed by atoms with van der Waals surface area (Å²) in [5, 5.41) is 14.8. The summed E-state index contributed by atoms with van der Waals surface area (Å²) in [6.07, 6.45) is 1.56. The zero-order chi connectivity index (χ0) is 20.0. The van der Waals surface area contributed by atoms with Gasteiger partial charge in [-0.1, -0.05) is 19.9 Å². The average Bonchev–Trinajstić information content (AvgIpc) is 2.63. The molecule has 0 aliphatic carbocycles. The predicted octanol–water partition coefficient (Wildman–Crippen LogP) is 4.19. The highest BCUT2D eigenvalue weighted by atomic mass is 16.6. The van der Waals surface area contributed by atoms with Gasteiger partial charge < -0.3 is 4.74 Å². The molecule has 0 fully saturated rings. The summed E-state index contributed by atoms with van der Waals surface area (Å²) in [4.78, 5) is 22.4. The van der Waals surface area contributed by atoms with Gasteiger partial charge >= 0.3 is 0 Å². The topological polar surface area (TPSA) is 93.8 Å². The fraction of sp³-hybridized carbons (Fsp3) is 0.300. The Kier molecular flexibility index (Phi) is 6.65. The number of hydrazone groups is 1. The third kappa shape index (κ3) is 5.13. The summed E-state index contributed by atoms with van der Waals surface area (Å²) in [5.74, 6) is 0.615. The van der Waals surface area contributed by atoms with E-state index in [9.17, 15) is 14.9 Å². The minimum atomic E-state index is -0.545. The fourth-order valence-electron chi connectivity index (χ4n) is 2.57. The van der Waals surface area contributed by atoms with Gasteiger partial charge in [0.15, 0.2) is 0 Å². The molecular weight excluding hydrogens is 346 g/mol. The van der Waals surface area contributed by atoms with Crippen LogP contribution >= 0.6 is 0 Å². The zero-order valence-electron chi connectivity index (χ0n) is 15.9. The van der Waals surface area contributed by atoms with E-state index in [0.717, 1.165) is 22.4 Å². The summed E-state index contributed by atoms with van der Waals surface area (Å²) in [6.45, 7) is 8.64. The summed E-state index contributed by atoms with van der Waals surface area (Å²) >= 11 is 0. The van der Waals surface area contributed by atoms with Crippen molar-refractivity contribution < 1.29 is 14.5 Å². The molecule has 0 atom stereocenters. The van der Waals surface area contributed by atoms with E-state index in [4.69, 9.17) is 4.74 Å². The van der Waals surface area contributed by atoms with E-state index >= 15 is 0 Å². The normalized spacial score (nSPS) is 11.0. The third-order valence-electron chi connectivity index (χ3n) is 4.01. The van der Waals surface area contributed by atoms with Crippen LogP contribution in [0.1, 0.15) is 53.7 Å². The van der Waals surface area contributed by atoms with Crippen molar-refractivity contribution >= 4 is 17.8 Å². The second kappa shape index (κ2) is 8.93. The number of aryl methyl sites for hydroxylation is 1. The molecule has 7 heteroatoms. The number of nitro benzene ring substituents is 1. The van der Waals surface area contributed by atoms with Crippen molar-refractivity contribution in [3.05, 3.63) is 68.8 Å². The number of nitrogens with one attached hydrogen (secondary N) is 1. The van der Waals surface area contributed by atoms with Crippen LogP contribution in [0.5, 0.6) is 5.75 Å². The molecule has 27 heavy (non-hydrogen) atoms. The SMILES string of the molecule is CCOc1cc(C)c(/C=N\NC(=O)c2cccc([N+](=O)[O-])c2)cc1C(C)C. The van der Waals surface area contributed by atoms with Gasteiger partial charge in [-0.3, -0.25) is 14.9 Å². The highest BCUT2D eigenvalue weighted by Gasteiger charge is 2.12. The van der Waals surface area contributed by atoms with E-state index in [2.05, 4.69) is 24.4 Å². The molecule has 0 saturated carbocycles. The number of carbonyl (C=O) groups excluding carboxylic acids is 1. The Morgan fingerprint density at radius 2 is 2.07 bits per heavy atom. The molecule has 0 aromatic heterocycles. The third-order valence-corrected chi connectivity index (χ3v) is 4.01. The van der Waals surface area contributed by atoms with Gasteiger partial charge in [0.25, 0.3) is 11.6 Å². The van der Waals surface area contributed by atoms with E-state index in [1.807, 2.05) is 26.0 Å². The van der Waals surface area contributed by atoms with E-state index < -0.39 is 10.8 Å². The van der Waals surface area contributed by atoms with Crippen LogP contribution in [0.15, 0.2) is 41.5 Å². The van der Waals surface area contributed by atoms with Gasteiger partial charge in [0.2, 0.25) is 0 Å². The van der Waals surface area contributed by atoms with E-state index in [1.165, 1.54) is 24.3 Å². The summed E-state index contributed by atoms with van der Waals surface area (Å²) < 4.78 is 5.70. The molecule has 142 valence electrons. The molecule has 0 radical (unpaired) electrons. The van der Waals surface area contributed by atoms with Gasteiger partial charge in [-0.2, -0.15) is 5.10 Å². The number of carbonyl (C=O) groups is 1. The lowest BCUT2D eigenvalue weighted by Crippen LogP contribution is -2.17. The summed E-state index contributed by atoms with van der Waals surface area (Å²) in [5.41, 5.74) is 5.33. The quantitative estimate of drug-likeness (QED) is 0.450. The highest BCUT2D eigenvalue weighted by molar-refractivity contribution is 5.95. The molecule has 1 N–H and O–H groups in total. The number of non-ortho nitro benzene ring substituents is 1. The second-order valence-electron chi connectivity index (χ2n) is 6.34. The molecule has 0 bridgehead atoms. The lowest BCUT2D eigenvalue weighted by molar-refractivity contribution is -0.384. The lowest BCUT2D eigenvalue weighted by atomic mass is 9.97. The molecule has 0 unspecified atom stereocenters. The molecule has 1 amide bonds. The predicted molar refractivity (Wildman–Crippen MR) is 105 cm³/mol. The van der Waals surface area contributed by atoms with Crippen LogP contribution in [0.3, 0.4) is 0 Å². The van der Waals surface area contributed by atoms with E-state index in [-0.39, 0.29) is 17.2 Å². The van der Waals surface area contributed by atoms with Crippen LogP contribution in [-0.2, 0) is 0 Å². The molecule has 2 aromatic rings. The Bertz CT molecular complexity index is 876. The van der Waals surface area contributed by atoms with Crippen LogP contribution in [0.4, 0.5) is 5.69 Å². The van der Waals surface area contributed by atoms with Crippen LogP contribution in [0.2, 0.25) is 0 Å². The van der Waals surface area contributed by atoms with Crippen molar-refractivity contribution in [2.24, 2.45) is 5.10 Å². The first-order chi connectivity index (χ1) is 12.8. The Labute approximate surface area is 158 Å². The van der Waals surface area contributed by atoms with Crippen molar-refractivity contribution in [1.29, 1.82) is 0 Å². The minimum Gasteiger partial charge on any atom is -0.494 e. The Morgan fingerprint density at radius 1 is 1.33 bits per heavy atom.